The third kappa shape index (κ3) is 1.72. The summed E-state index contributed by atoms with van der Waals surface area (Å²) in [5.74, 6) is 3.00. The highest BCUT2D eigenvalue weighted by molar-refractivity contribution is 5.80. The molecule has 2 nitrogen and oxygen atoms in total. The maximum atomic E-state index is 11.3. The first kappa shape index (κ1) is 10.2. The van der Waals surface area contributed by atoms with E-state index in [4.69, 9.17) is 0 Å². The summed E-state index contributed by atoms with van der Waals surface area (Å²) < 4.78 is 0. The largest absolute Gasteiger partial charge is 0.298 e. The van der Waals surface area contributed by atoms with E-state index in [9.17, 15) is 4.79 Å². The molecule has 2 aliphatic rings. The van der Waals surface area contributed by atoms with Gasteiger partial charge in [0, 0.05) is 13.1 Å². The van der Waals surface area contributed by atoms with E-state index in [2.05, 4.69) is 11.8 Å². The molecule has 2 fully saturated rings. The zero-order valence-electron chi connectivity index (χ0n) is 9.49. The highest BCUT2D eigenvalue weighted by atomic mass is 16.1. The number of carbonyl (C=O) groups excluding carboxylic acids is 1. The molecule has 3 atom stereocenters. The number of ketones is 1. The van der Waals surface area contributed by atoms with Gasteiger partial charge in [-0.05, 0) is 44.4 Å². The van der Waals surface area contributed by atoms with Gasteiger partial charge in [0.05, 0.1) is 6.04 Å². The molecule has 1 saturated heterocycles. The van der Waals surface area contributed by atoms with Crippen molar-refractivity contribution in [1.82, 2.24) is 4.90 Å². The number of likely N-dealkylation sites (tertiary alicyclic amines) is 1. The van der Waals surface area contributed by atoms with Crippen LogP contribution in [0.25, 0.3) is 0 Å². The molecule has 1 heterocycles. The highest BCUT2D eigenvalue weighted by Crippen LogP contribution is 2.41. The molecule has 0 aromatic heterocycles. The predicted molar refractivity (Wildman–Crippen MR) is 57.1 cm³/mol. The average molecular weight is 195 g/mol. The molecule has 2 heteroatoms. The van der Waals surface area contributed by atoms with Crippen LogP contribution in [0.3, 0.4) is 0 Å². The topological polar surface area (TPSA) is 20.3 Å². The van der Waals surface area contributed by atoms with Gasteiger partial charge >= 0.3 is 0 Å². The minimum absolute atomic E-state index is 0.149. The molecule has 1 aliphatic heterocycles. The Hall–Kier alpha value is -0.370. The van der Waals surface area contributed by atoms with Crippen LogP contribution in [0.15, 0.2) is 0 Å². The maximum absolute atomic E-state index is 11.3. The van der Waals surface area contributed by atoms with Crippen LogP contribution >= 0.6 is 0 Å². The lowest BCUT2D eigenvalue weighted by Gasteiger charge is -2.23. The first-order valence-corrected chi connectivity index (χ1v) is 5.82. The molecule has 0 radical (unpaired) electrons. The van der Waals surface area contributed by atoms with Gasteiger partial charge < -0.3 is 0 Å². The first-order valence-electron chi connectivity index (χ1n) is 5.82. The average Bonchev–Trinajstić information content (AvgIpc) is 2.59. The lowest BCUT2D eigenvalue weighted by Crippen LogP contribution is -2.36. The van der Waals surface area contributed by atoms with Gasteiger partial charge in [0.2, 0.25) is 0 Å². The Morgan fingerprint density at radius 1 is 1.29 bits per heavy atom. The summed E-state index contributed by atoms with van der Waals surface area (Å²) in [5.41, 5.74) is 0. The summed E-state index contributed by atoms with van der Waals surface area (Å²) >= 11 is 0. The van der Waals surface area contributed by atoms with Gasteiger partial charge in [0.1, 0.15) is 5.78 Å². The Labute approximate surface area is 86.7 Å². The quantitative estimate of drug-likeness (QED) is 0.671. The summed E-state index contributed by atoms with van der Waals surface area (Å²) in [7, 11) is 0. The van der Waals surface area contributed by atoms with E-state index in [0.29, 0.717) is 5.78 Å². The number of nitrogens with zero attached hydrogens (tertiary/aromatic N) is 1. The second-order valence-corrected chi connectivity index (χ2v) is 5.34. The van der Waals surface area contributed by atoms with Crippen LogP contribution in [0, 0.1) is 17.8 Å². The van der Waals surface area contributed by atoms with Crippen LogP contribution in [0.1, 0.15) is 33.6 Å². The minimum atomic E-state index is 0.149. The van der Waals surface area contributed by atoms with Crippen molar-refractivity contribution in [2.24, 2.45) is 17.8 Å². The van der Waals surface area contributed by atoms with Gasteiger partial charge in [-0.1, -0.05) is 6.92 Å². The van der Waals surface area contributed by atoms with Crippen molar-refractivity contribution in [3.05, 3.63) is 0 Å². The Morgan fingerprint density at radius 2 is 1.79 bits per heavy atom. The summed E-state index contributed by atoms with van der Waals surface area (Å²) in [4.78, 5) is 13.7. The van der Waals surface area contributed by atoms with E-state index in [1.54, 1.807) is 6.92 Å². The summed E-state index contributed by atoms with van der Waals surface area (Å²) in [6.45, 7) is 8.44. The molecule has 0 aromatic carbocycles. The zero-order chi connectivity index (χ0) is 10.3. The van der Waals surface area contributed by atoms with Gasteiger partial charge in [-0.2, -0.15) is 0 Å². The number of fused-ring (bicyclic) bond motifs is 1. The fourth-order valence-electron chi connectivity index (χ4n) is 3.21. The number of hydrogen-bond acceptors (Lipinski definition) is 2. The Morgan fingerprint density at radius 3 is 2.21 bits per heavy atom. The zero-order valence-corrected chi connectivity index (χ0v) is 9.49. The Kier molecular flexibility index (Phi) is 2.65. The van der Waals surface area contributed by atoms with Gasteiger partial charge in [-0.25, -0.2) is 0 Å². The van der Waals surface area contributed by atoms with E-state index in [0.717, 1.165) is 30.8 Å². The molecule has 80 valence electrons. The van der Waals surface area contributed by atoms with Crippen molar-refractivity contribution >= 4 is 5.78 Å². The molecule has 1 aliphatic carbocycles. The van der Waals surface area contributed by atoms with Crippen molar-refractivity contribution in [1.29, 1.82) is 0 Å². The fraction of sp³-hybridized carbons (Fsp3) is 0.917. The molecule has 1 saturated carbocycles. The molecule has 2 rings (SSSR count). The van der Waals surface area contributed by atoms with Crippen LogP contribution in [0.4, 0.5) is 0 Å². The van der Waals surface area contributed by atoms with Crippen molar-refractivity contribution in [2.45, 2.75) is 39.7 Å². The second-order valence-electron chi connectivity index (χ2n) is 5.34. The normalized spacial score (nSPS) is 39.8. The van der Waals surface area contributed by atoms with E-state index >= 15 is 0 Å². The van der Waals surface area contributed by atoms with E-state index < -0.39 is 0 Å². The van der Waals surface area contributed by atoms with Crippen molar-refractivity contribution in [3.8, 4) is 0 Å². The molecular formula is C12H21NO. The molecule has 3 unspecified atom stereocenters. The molecule has 0 amide bonds. The van der Waals surface area contributed by atoms with Crippen LogP contribution in [0.5, 0.6) is 0 Å². The molecule has 0 spiro atoms. The molecule has 0 bridgehead atoms. The summed E-state index contributed by atoms with van der Waals surface area (Å²) in [6.07, 6.45) is 2.76. The third-order valence-electron chi connectivity index (χ3n) is 4.15. The first-order chi connectivity index (χ1) is 6.58. The van der Waals surface area contributed by atoms with Gasteiger partial charge in [-0.3, -0.25) is 9.69 Å². The van der Waals surface area contributed by atoms with Gasteiger partial charge in [-0.15, -0.1) is 0 Å². The SMILES string of the molecule is CC(=O)C(C)N1CC2CC(C)CC2C1. The van der Waals surface area contributed by atoms with E-state index in [-0.39, 0.29) is 6.04 Å². The van der Waals surface area contributed by atoms with Crippen LogP contribution in [-0.2, 0) is 4.79 Å². The fourth-order valence-corrected chi connectivity index (χ4v) is 3.21. The minimum Gasteiger partial charge on any atom is -0.298 e. The van der Waals surface area contributed by atoms with Crippen molar-refractivity contribution in [3.63, 3.8) is 0 Å². The number of carbonyl (C=O) groups is 1. The van der Waals surface area contributed by atoms with Crippen molar-refractivity contribution < 1.29 is 4.79 Å². The smallest absolute Gasteiger partial charge is 0.146 e. The third-order valence-corrected chi connectivity index (χ3v) is 4.15. The van der Waals surface area contributed by atoms with Crippen molar-refractivity contribution in [2.75, 3.05) is 13.1 Å². The number of Topliss-reactive ketones (excluding diaryl/α,β-unsaturated/α-hetero) is 1. The molecule has 14 heavy (non-hydrogen) atoms. The maximum Gasteiger partial charge on any atom is 0.146 e. The van der Waals surface area contributed by atoms with Crippen LogP contribution < -0.4 is 0 Å². The van der Waals surface area contributed by atoms with Crippen LogP contribution in [0.2, 0.25) is 0 Å². The summed E-state index contributed by atoms with van der Waals surface area (Å²) in [5, 5.41) is 0. The highest BCUT2D eigenvalue weighted by Gasteiger charge is 2.40. The number of hydrogen-bond donors (Lipinski definition) is 0. The molecule has 0 aromatic rings. The van der Waals surface area contributed by atoms with E-state index in [1.165, 1.54) is 12.8 Å². The van der Waals surface area contributed by atoms with Gasteiger partial charge in [0.25, 0.3) is 0 Å². The Bertz CT molecular complexity index is 224. The van der Waals surface area contributed by atoms with Crippen LogP contribution in [-0.4, -0.2) is 29.8 Å². The monoisotopic (exact) mass is 195 g/mol. The second kappa shape index (κ2) is 3.65. The van der Waals surface area contributed by atoms with Gasteiger partial charge in [0.15, 0.2) is 0 Å². The number of rotatable bonds is 2. The predicted octanol–water partition coefficient (Wildman–Crippen LogP) is 1.94. The molecule has 0 N–H and O–H groups in total. The molecular weight excluding hydrogens is 174 g/mol. The lowest BCUT2D eigenvalue weighted by molar-refractivity contribution is -0.121. The standard InChI is InChI=1S/C12H21NO/c1-8-4-11-6-13(7-12(11)5-8)9(2)10(3)14/h8-9,11-12H,4-7H2,1-3H3. The Balaban J connectivity index is 1.94. The van der Waals surface area contributed by atoms with E-state index in [1.807, 2.05) is 6.92 Å². The summed E-state index contributed by atoms with van der Waals surface area (Å²) in [6, 6.07) is 0.149. The lowest BCUT2D eigenvalue weighted by atomic mass is 10.0.